The summed E-state index contributed by atoms with van der Waals surface area (Å²) in [7, 11) is 1.41. The van der Waals surface area contributed by atoms with Gasteiger partial charge in [0, 0.05) is 50.5 Å². The Hall–Kier alpha value is -2.70. The number of benzene rings is 1. The normalized spacial score (nSPS) is 21.7. The number of likely N-dealkylation sites (tertiary alicyclic amines) is 2. The van der Waals surface area contributed by atoms with E-state index in [4.69, 9.17) is 4.74 Å². The summed E-state index contributed by atoms with van der Waals surface area (Å²) in [6.07, 6.45) is -14.1. The van der Waals surface area contributed by atoms with Crippen molar-refractivity contribution in [3.8, 4) is 0 Å². The average molecular weight is 608 g/mol. The summed E-state index contributed by atoms with van der Waals surface area (Å²) in [6.45, 7) is 9.17. The predicted octanol–water partition coefficient (Wildman–Crippen LogP) is 6.08. The van der Waals surface area contributed by atoms with Gasteiger partial charge in [-0.2, -0.15) is 26.3 Å². The van der Waals surface area contributed by atoms with Gasteiger partial charge in [-0.1, -0.05) is 12.1 Å². The second kappa shape index (κ2) is 11.8. The largest absolute Gasteiger partial charge is 0.469 e. The fourth-order valence-corrected chi connectivity index (χ4v) is 6.80. The van der Waals surface area contributed by atoms with Crippen LogP contribution in [0.4, 0.5) is 36.8 Å². The van der Waals surface area contributed by atoms with E-state index in [0.29, 0.717) is 38.8 Å². The van der Waals surface area contributed by atoms with Crippen LogP contribution in [-0.4, -0.2) is 85.7 Å². The van der Waals surface area contributed by atoms with Gasteiger partial charge in [0.2, 0.25) is 0 Å². The number of anilines is 1. The first-order valence-corrected chi connectivity index (χ1v) is 14.2. The lowest BCUT2D eigenvalue weighted by Gasteiger charge is -2.39. The molecule has 13 heteroatoms. The molecule has 7 nitrogen and oxygen atoms in total. The SMILES string of the molecule is COC(=O)C1CCN(c2cc(C)ccc2CN2CC3(CCN(C(=O)OC(C(F)(F)F)C(F)(F)F)CC3)CC2(C)C)CC1. The Bertz CT molecular complexity index is 1130. The Morgan fingerprint density at radius 3 is 2.14 bits per heavy atom. The zero-order chi connectivity index (χ0) is 31.1. The number of halogens is 6. The fraction of sp³-hybridized carbons (Fsp3) is 0.724. The molecule has 1 aromatic carbocycles. The van der Waals surface area contributed by atoms with Gasteiger partial charge < -0.3 is 19.3 Å². The van der Waals surface area contributed by atoms with Crippen molar-refractivity contribution in [2.45, 2.75) is 83.4 Å². The summed E-state index contributed by atoms with van der Waals surface area (Å²) >= 11 is 0. The van der Waals surface area contributed by atoms with Crippen LogP contribution in [0.2, 0.25) is 0 Å². The molecule has 3 saturated heterocycles. The van der Waals surface area contributed by atoms with Gasteiger partial charge in [0.1, 0.15) is 0 Å². The van der Waals surface area contributed by atoms with E-state index in [1.165, 1.54) is 7.11 Å². The molecule has 0 atom stereocenters. The minimum Gasteiger partial charge on any atom is -0.469 e. The zero-order valence-electron chi connectivity index (χ0n) is 24.4. The second-order valence-corrected chi connectivity index (χ2v) is 12.6. The molecule has 1 aromatic rings. The Balaban J connectivity index is 1.41. The third-order valence-corrected chi connectivity index (χ3v) is 9.06. The molecule has 1 amide bonds. The smallest absolute Gasteiger partial charge is 0.434 e. The van der Waals surface area contributed by atoms with Crippen molar-refractivity contribution >= 4 is 17.7 Å². The summed E-state index contributed by atoms with van der Waals surface area (Å²) in [5, 5.41) is 0. The molecule has 3 heterocycles. The Morgan fingerprint density at radius 2 is 1.60 bits per heavy atom. The maximum atomic E-state index is 12.9. The van der Waals surface area contributed by atoms with Crippen molar-refractivity contribution < 1.29 is 45.4 Å². The molecule has 4 rings (SSSR count). The van der Waals surface area contributed by atoms with E-state index in [1.54, 1.807) is 0 Å². The van der Waals surface area contributed by atoms with E-state index in [-0.39, 0.29) is 35.9 Å². The van der Waals surface area contributed by atoms with Gasteiger partial charge >= 0.3 is 24.4 Å². The third kappa shape index (κ3) is 7.08. The molecule has 42 heavy (non-hydrogen) atoms. The molecular formula is C29H39F6N3O4. The van der Waals surface area contributed by atoms with Gasteiger partial charge in [-0.25, -0.2) is 4.79 Å². The maximum absolute atomic E-state index is 12.9. The van der Waals surface area contributed by atoms with E-state index in [2.05, 4.69) is 46.6 Å². The van der Waals surface area contributed by atoms with Crippen LogP contribution in [0.25, 0.3) is 0 Å². The lowest BCUT2D eigenvalue weighted by molar-refractivity contribution is -0.308. The van der Waals surface area contributed by atoms with Crippen molar-refractivity contribution in [1.82, 2.24) is 9.80 Å². The van der Waals surface area contributed by atoms with E-state index >= 15 is 0 Å². The second-order valence-electron chi connectivity index (χ2n) is 12.6. The number of carbonyl (C=O) groups excluding carboxylic acids is 2. The first-order valence-electron chi connectivity index (χ1n) is 14.2. The van der Waals surface area contributed by atoms with Crippen LogP contribution in [-0.2, 0) is 20.8 Å². The summed E-state index contributed by atoms with van der Waals surface area (Å²) in [6, 6.07) is 6.35. The summed E-state index contributed by atoms with van der Waals surface area (Å²) in [5.74, 6) is -0.282. The van der Waals surface area contributed by atoms with Crippen molar-refractivity contribution in [3.05, 3.63) is 29.3 Å². The van der Waals surface area contributed by atoms with Crippen LogP contribution in [0.3, 0.4) is 0 Å². The van der Waals surface area contributed by atoms with Crippen molar-refractivity contribution in [1.29, 1.82) is 0 Å². The van der Waals surface area contributed by atoms with Crippen LogP contribution in [0.5, 0.6) is 0 Å². The number of carbonyl (C=O) groups is 2. The first kappa shape index (κ1) is 32.2. The lowest BCUT2D eigenvalue weighted by Crippen LogP contribution is -2.50. The van der Waals surface area contributed by atoms with Crippen molar-refractivity contribution in [3.63, 3.8) is 0 Å². The molecule has 3 aliphatic rings. The third-order valence-electron chi connectivity index (χ3n) is 9.06. The number of methoxy groups -OCH3 is 1. The highest BCUT2D eigenvalue weighted by molar-refractivity contribution is 5.73. The van der Waals surface area contributed by atoms with Crippen LogP contribution in [0.1, 0.15) is 57.1 Å². The standard InChI is InChI=1S/C29H39F6N3O4/c1-19-5-6-21(22(15-19)36-11-7-20(8-12-36)23(39)41-4)16-38-18-27(17-26(38,2)3)9-13-37(14-10-27)25(40)42-24(28(30,31)32)29(33,34)35/h5-6,15,20,24H,7-14,16-18H2,1-4H3. The number of esters is 1. The molecule has 0 aliphatic carbocycles. The Kier molecular flexibility index (Phi) is 9.02. The van der Waals surface area contributed by atoms with Gasteiger partial charge in [0.05, 0.1) is 13.0 Å². The molecule has 0 radical (unpaired) electrons. The van der Waals surface area contributed by atoms with Crippen LogP contribution >= 0.6 is 0 Å². The monoisotopic (exact) mass is 607 g/mol. The number of piperidine rings is 2. The van der Waals surface area contributed by atoms with E-state index in [9.17, 15) is 35.9 Å². The number of ether oxygens (including phenoxy) is 2. The molecular weight excluding hydrogens is 568 g/mol. The number of hydrogen-bond donors (Lipinski definition) is 0. The summed E-state index contributed by atoms with van der Waals surface area (Å²) < 4.78 is 86.1. The highest BCUT2D eigenvalue weighted by Crippen LogP contribution is 2.49. The Morgan fingerprint density at radius 1 is 1.00 bits per heavy atom. The molecule has 1 spiro atoms. The molecule has 3 fully saturated rings. The minimum atomic E-state index is -5.74. The molecule has 0 bridgehead atoms. The predicted molar refractivity (Wildman–Crippen MR) is 143 cm³/mol. The van der Waals surface area contributed by atoms with E-state index in [1.807, 2.05) is 6.92 Å². The number of nitrogens with zero attached hydrogens (tertiary/aromatic N) is 3. The van der Waals surface area contributed by atoms with Gasteiger partial charge in [-0.15, -0.1) is 0 Å². The van der Waals surface area contributed by atoms with Crippen molar-refractivity contribution in [2.24, 2.45) is 11.3 Å². The van der Waals surface area contributed by atoms with Gasteiger partial charge in [0.15, 0.2) is 0 Å². The maximum Gasteiger partial charge on any atom is 0.434 e. The van der Waals surface area contributed by atoms with Gasteiger partial charge in [-0.3, -0.25) is 9.69 Å². The first-order chi connectivity index (χ1) is 19.4. The summed E-state index contributed by atoms with van der Waals surface area (Å²) in [4.78, 5) is 29.9. The number of amides is 1. The summed E-state index contributed by atoms with van der Waals surface area (Å²) in [5.41, 5.74) is 2.95. The number of aryl methyl sites for hydroxylation is 1. The molecule has 3 aliphatic heterocycles. The van der Waals surface area contributed by atoms with Gasteiger partial charge in [0.25, 0.3) is 6.10 Å². The molecule has 0 N–H and O–H groups in total. The number of alkyl halides is 6. The fourth-order valence-electron chi connectivity index (χ4n) is 6.80. The molecule has 236 valence electrons. The van der Waals surface area contributed by atoms with Gasteiger partial charge in [-0.05, 0) is 75.5 Å². The quantitative estimate of drug-likeness (QED) is 0.299. The average Bonchev–Trinajstić information content (AvgIpc) is 3.15. The molecule has 0 saturated carbocycles. The van der Waals surface area contributed by atoms with Crippen LogP contribution in [0, 0.1) is 18.3 Å². The zero-order valence-corrected chi connectivity index (χ0v) is 24.4. The number of hydrogen-bond acceptors (Lipinski definition) is 6. The van der Waals surface area contributed by atoms with Crippen LogP contribution < -0.4 is 4.90 Å². The van der Waals surface area contributed by atoms with Crippen LogP contribution in [0.15, 0.2) is 18.2 Å². The van der Waals surface area contributed by atoms with E-state index < -0.39 is 24.5 Å². The van der Waals surface area contributed by atoms with E-state index in [0.717, 1.165) is 41.2 Å². The topological polar surface area (TPSA) is 62.3 Å². The highest BCUT2D eigenvalue weighted by atomic mass is 19.4. The molecule has 0 unspecified atom stereocenters. The minimum absolute atomic E-state index is 0.0239. The Labute approximate surface area is 242 Å². The van der Waals surface area contributed by atoms with Crippen molar-refractivity contribution in [2.75, 3.05) is 44.7 Å². The highest BCUT2D eigenvalue weighted by Gasteiger charge is 2.60. The lowest BCUT2D eigenvalue weighted by atomic mass is 9.74. The molecule has 0 aromatic heterocycles. The number of rotatable bonds is 5.